The summed E-state index contributed by atoms with van der Waals surface area (Å²) < 4.78 is 5.14. The molecule has 0 unspecified atom stereocenters. The molecule has 3 atom stereocenters. The second-order valence-electron chi connectivity index (χ2n) is 4.63. The molecule has 1 radical (unpaired) electrons. The van der Waals surface area contributed by atoms with Crippen molar-refractivity contribution in [3.05, 3.63) is 12.2 Å². The van der Waals surface area contributed by atoms with Gasteiger partial charge in [0.05, 0.1) is 12.7 Å². The highest BCUT2D eigenvalue weighted by Crippen LogP contribution is 2.34. The number of aliphatic hydroxyl groups is 1. The van der Waals surface area contributed by atoms with Gasteiger partial charge in [0.2, 0.25) is 0 Å². The van der Waals surface area contributed by atoms with Gasteiger partial charge in [0.1, 0.15) is 13.6 Å². The summed E-state index contributed by atoms with van der Waals surface area (Å²) in [4.78, 5) is 10.1. The number of carbonyl (C=O) groups is 1. The summed E-state index contributed by atoms with van der Waals surface area (Å²) in [6, 6.07) is 0. The standard InChI is InChI=1S/C13H22BO3/c1-17-10-11-12(14-9-13(11)16)7-5-3-2-4-6-8-15/h3,5,8,11-13,16H,2,4,6-7,9-10H2,1H3/b5-3-/t11-,12-,13-/m1/s1. The monoisotopic (exact) mass is 237 g/mol. The van der Waals surface area contributed by atoms with Gasteiger partial charge in [-0.25, -0.2) is 0 Å². The first kappa shape index (κ1) is 14.5. The third kappa shape index (κ3) is 5.05. The Bertz CT molecular complexity index is 243. The van der Waals surface area contributed by atoms with Gasteiger partial charge in [-0.15, -0.1) is 0 Å². The van der Waals surface area contributed by atoms with E-state index >= 15 is 0 Å². The number of rotatable bonds is 8. The molecular formula is C13H22BO3. The number of allylic oxidation sites excluding steroid dienone is 2. The van der Waals surface area contributed by atoms with E-state index in [0.717, 1.165) is 31.9 Å². The largest absolute Gasteiger partial charge is 0.394 e. The fourth-order valence-corrected chi connectivity index (χ4v) is 2.34. The topological polar surface area (TPSA) is 46.5 Å². The molecule has 1 aliphatic rings. The van der Waals surface area contributed by atoms with Crippen LogP contribution in [0, 0.1) is 5.92 Å². The zero-order chi connectivity index (χ0) is 12.5. The summed E-state index contributed by atoms with van der Waals surface area (Å²) >= 11 is 0. The van der Waals surface area contributed by atoms with Crippen molar-refractivity contribution in [2.24, 2.45) is 5.92 Å². The van der Waals surface area contributed by atoms with E-state index in [9.17, 15) is 9.90 Å². The molecule has 95 valence electrons. The summed E-state index contributed by atoms with van der Waals surface area (Å²) in [5.74, 6) is 0.659. The van der Waals surface area contributed by atoms with Crippen LogP contribution in [0.2, 0.25) is 12.1 Å². The van der Waals surface area contributed by atoms with Gasteiger partial charge in [0.15, 0.2) is 0 Å². The summed E-state index contributed by atoms with van der Waals surface area (Å²) in [6.07, 6.45) is 9.28. The predicted molar refractivity (Wildman–Crippen MR) is 69.4 cm³/mol. The van der Waals surface area contributed by atoms with Crippen molar-refractivity contribution in [3.8, 4) is 0 Å². The highest BCUT2D eigenvalue weighted by Gasteiger charge is 2.34. The molecule has 0 aromatic rings. The molecule has 0 aliphatic carbocycles. The maximum atomic E-state index is 10.1. The van der Waals surface area contributed by atoms with Gasteiger partial charge in [-0.1, -0.05) is 24.3 Å². The molecule has 0 aromatic heterocycles. The first-order valence-corrected chi connectivity index (χ1v) is 6.38. The molecule has 0 amide bonds. The van der Waals surface area contributed by atoms with Crippen LogP contribution in [-0.2, 0) is 9.53 Å². The number of hydrogen-bond donors (Lipinski definition) is 1. The summed E-state index contributed by atoms with van der Waals surface area (Å²) in [5.41, 5.74) is 0. The highest BCUT2D eigenvalue weighted by atomic mass is 16.5. The first-order chi connectivity index (χ1) is 8.29. The number of ether oxygens (including phenoxy) is 1. The van der Waals surface area contributed by atoms with Gasteiger partial charge in [-0.2, -0.15) is 0 Å². The van der Waals surface area contributed by atoms with E-state index in [1.807, 2.05) is 0 Å². The fourth-order valence-electron chi connectivity index (χ4n) is 2.34. The maximum absolute atomic E-state index is 10.1. The third-order valence-corrected chi connectivity index (χ3v) is 3.35. The van der Waals surface area contributed by atoms with Gasteiger partial charge >= 0.3 is 0 Å². The quantitative estimate of drug-likeness (QED) is 0.303. The molecule has 0 bridgehead atoms. The van der Waals surface area contributed by atoms with Crippen molar-refractivity contribution in [1.29, 1.82) is 0 Å². The molecule has 0 aromatic carbocycles. The van der Waals surface area contributed by atoms with Crippen LogP contribution >= 0.6 is 0 Å². The van der Waals surface area contributed by atoms with Crippen LogP contribution in [0.3, 0.4) is 0 Å². The molecule has 0 saturated carbocycles. The summed E-state index contributed by atoms with van der Waals surface area (Å²) in [7, 11) is 3.88. The van der Waals surface area contributed by atoms with Gasteiger partial charge < -0.3 is 14.6 Å². The lowest BCUT2D eigenvalue weighted by atomic mass is 9.64. The Kier molecular flexibility index (Phi) is 7.21. The number of aliphatic hydroxyl groups excluding tert-OH is 1. The van der Waals surface area contributed by atoms with Crippen LogP contribution in [0.1, 0.15) is 25.7 Å². The van der Waals surface area contributed by atoms with Crippen molar-refractivity contribution in [2.75, 3.05) is 13.7 Å². The molecule has 1 rings (SSSR count). The second kappa shape index (κ2) is 8.48. The number of hydrogen-bond acceptors (Lipinski definition) is 3. The zero-order valence-electron chi connectivity index (χ0n) is 10.5. The molecular weight excluding hydrogens is 215 g/mol. The normalized spacial score (nSPS) is 28.5. The SMILES string of the molecule is COC[C@H]1[C@H](O)C[B][C@@H]1C/C=C\CCCC=O. The predicted octanol–water partition coefficient (Wildman–Crippen LogP) is 1.85. The Balaban J connectivity index is 2.23. The van der Waals surface area contributed by atoms with E-state index in [-0.39, 0.29) is 12.0 Å². The molecule has 1 saturated heterocycles. The van der Waals surface area contributed by atoms with E-state index in [1.54, 1.807) is 7.11 Å². The van der Waals surface area contributed by atoms with E-state index in [1.165, 1.54) is 0 Å². The minimum atomic E-state index is -0.247. The molecule has 0 spiro atoms. The third-order valence-electron chi connectivity index (χ3n) is 3.35. The van der Waals surface area contributed by atoms with Crippen molar-refractivity contribution < 1.29 is 14.6 Å². The Morgan fingerprint density at radius 2 is 2.24 bits per heavy atom. The van der Waals surface area contributed by atoms with Crippen LogP contribution in [0.25, 0.3) is 0 Å². The minimum absolute atomic E-state index is 0.236. The number of unbranched alkanes of at least 4 members (excludes halogenated alkanes) is 2. The molecule has 1 fully saturated rings. The number of aldehydes is 1. The van der Waals surface area contributed by atoms with E-state index in [4.69, 9.17) is 4.74 Å². The average molecular weight is 237 g/mol. The lowest BCUT2D eigenvalue weighted by Gasteiger charge is -2.20. The molecule has 1 N–H and O–H groups in total. The molecule has 4 heteroatoms. The Labute approximate surface area is 104 Å². The Morgan fingerprint density at radius 1 is 1.41 bits per heavy atom. The highest BCUT2D eigenvalue weighted by molar-refractivity contribution is 6.39. The summed E-state index contributed by atoms with van der Waals surface area (Å²) in [6.45, 7) is 0.626. The van der Waals surface area contributed by atoms with E-state index in [0.29, 0.717) is 18.8 Å². The Hall–Kier alpha value is -0.605. The van der Waals surface area contributed by atoms with Crippen molar-refractivity contribution in [1.82, 2.24) is 0 Å². The van der Waals surface area contributed by atoms with Crippen LogP contribution in [0.4, 0.5) is 0 Å². The molecule has 1 heterocycles. The summed E-state index contributed by atoms with van der Waals surface area (Å²) in [5, 5.41) is 9.79. The fraction of sp³-hybridized carbons (Fsp3) is 0.769. The molecule has 1 aliphatic heterocycles. The van der Waals surface area contributed by atoms with Crippen molar-refractivity contribution in [2.45, 2.75) is 43.9 Å². The van der Waals surface area contributed by atoms with Gasteiger partial charge in [0, 0.05) is 19.4 Å². The van der Waals surface area contributed by atoms with Crippen LogP contribution in [-0.4, -0.2) is 38.5 Å². The smallest absolute Gasteiger partial charge is 0.120 e. The Morgan fingerprint density at radius 3 is 2.94 bits per heavy atom. The van der Waals surface area contributed by atoms with Crippen molar-refractivity contribution >= 4 is 13.6 Å². The van der Waals surface area contributed by atoms with Crippen molar-refractivity contribution in [3.63, 3.8) is 0 Å². The lowest BCUT2D eigenvalue weighted by molar-refractivity contribution is -0.107. The van der Waals surface area contributed by atoms with Gasteiger partial charge in [-0.05, 0) is 19.3 Å². The number of carbonyl (C=O) groups excluding carboxylic acids is 1. The van der Waals surface area contributed by atoms with Crippen LogP contribution in [0.5, 0.6) is 0 Å². The van der Waals surface area contributed by atoms with Gasteiger partial charge in [-0.3, -0.25) is 0 Å². The van der Waals surface area contributed by atoms with Crippen LogP contribution in [0.15, 0.2) is 12.2 Å². The average Bonchev–Trinajstić information content (AvgIpc) is 2.66. The van der Waals surface area contributed by atoms with E-state index in [2.05, 4.69) is 19.4 Å². The van der Waals surface area contributed by atoms with Crippen LogP contribution < -0.4 is 0 Å². The zero-order valence-corrected chi connectivity index (χ0v) is 10.5. The minimum Gasteiger partial charge on any atom is -0.394 e. The lowest BCUT2D eigenvalue weighted by Crippen LogP contribution is -2.21. The van der Waals surface area contributed by atoms with E-state index < -0.39 is 0 Å². The maximum Gasteiger partial charge on any atom is 0.120 e. The van der Waals surface area contributed by atoms with Gasteiger partial charge in [0.25, 0.3) is 0 Å². The number of methoxy groups -OCH3 is 1. The first-order valence-electron chi connectivity index (χ1n) is 6.38. The second-order valence-corrected chi connectivity index (χ2v) is 4.63. The molecule has 17 heavy (non-hydrogen) atoms. The molecule has 3 nitrogen and oxygen atoms in total.